The summed E-state index contributed by atoms with van der Waals surface area (Å²) in [4.78, 5) is 11.7. The average Bonchev–Trinajstić information content (AvgIpc) is 2.47. The van der Waals surface area contributed by atoms with Gasteiger partial charge >= 0.3 is 0 Å². The molecule has 21 heavy (non-hydrogen) atoms. The van der Waals surface area contributed by atoms with E-state index < -0.39 is 11.9 Å². The summed E-state index contributed by atoms with van der Waals surface area (Å²) in [5, 5.41) is 3.62. The minimum Gasteiger partial charge on any atom is -0.380 e. The van der Waals surface area contributed by atoms with Crippen molar-refractivity contribution in [2.75, 3.05) is 12.4 Å². The van der Waals surface area contributed by atoms with Crippen LogP contribution in [0.4, 0.5) is 5.69 Å². The first-order valence-corrected chi connectivity index (χ1v) is 6.87. The van der Waals surface area contributed by atoms with Crippen molar-refractivity contribution in [1.82, 2.24) is 0 Å². The molecule has 0 radical (unpaired) electrons. The molecule has 4 nitrogen and oxygen atoms in total. The van der Waals surface area contributed by atoms with Crippen LogP contribution in [0.1, 0.15) is 17.2 Å². The number of para-hydroxylation sites is 1. The molecule has 1 amide bonds. The molecule has 0 aliphatic rings. The number of primary amides is 1. The first-order chi connectivity index (χ1) is 10.1. The van der Waals surface area contributed by atoms with Crippen molar-refractivity contribution in [3.05, 3.63) is 64.7 Å². The second-order valence-electron chi connectivity index (χ2n) is 4.63. The van der Waals surface area contributed by atoms with E-state index in [1.54, 1.807) is 19.2 Å². The fourth-order valence-electron chi connectivity index (χ4n) is 2.03. The first-order valence-electron chi connectivity index (χ1n) is 6.50. The minimum absolute atomic E-state index is 0.464. The van der Waals surface area contributed by atoms with E-state index in [0.717, 1.165) is 11.1 Å². The molecule has 0 heterocycles. The summed E-state index contributed by atoms with van der Waals surface area (Å²) in [6.45, 7) is 0.527. The smallest absolute Gasteiger partial charge is 0.244 e. The lowest BCUT2D eigenvalue weighted by molar-refractivity contribution is -0.118. The highest BCUT2D eigenvalue weighted by Gasteiger charge is 2.18. The van der Waals surface area contributed by atoms with Crippen LogP contribution in [0.3, 0.4) is 0 Å². The number of nitrogens with one attached hydrogen (secondary N) is 1. The Hall–Kier alpha value is -2.04. The number of amides is 1. The Morgan fingerprint density at radius 2 is 1.90 bits per heavy atom. The third kappa shape index (κ3) is 3.97. The van der Waals surface area contributed by atoms with Crippen LogP contribution in [0, 0.1) is 0 Å². The van der Waals surface area contributed by atoms with Crippen LogP contribution in [0.2, 0.25) is 5.02 Å². The Kier molecular flexibility index (Phi) is 5.20. The SMILES string of the molecule is COCc1ccc(C(Nc2ccccc2Cl)C(N)=O)cc1. The molecule has 1 unspecified atom stereocenters. The number of hydrogen-bond acceptors (Lipinski definition) is 3. The molecule has 0 saturated carbocycles. The predicted molar refractivity (Wildman–Crippen MR) is 84.2 cm³/mol. The number of carbonyl (C=O) groups is 1. The molecule has 0 aliphatic heterocycles. The molecular weight excluding hydrogens is 288 g/mol. The Morgan fingerprint density at radius 1 is 1.24 bits per heavy atom. The lowest BCUT2D eigenvalue weighted by atomic mass is 10.0. The van der Waals surface area contributed by atoms with Gasteiger partial charge in [-0.1, -0.05) is 48.0 Å². The van der Waals surface area contributed by atoms with E-state index in [1.165, 1.54) is 0 Å². The van der Waals surface area contributed by atoms with Gasteiger partial charge in [0.25, 0.3) is 0 Å². The van der Waals surface area contributed by atoms with Crippen LogP contribution in [-0.4, -0.2) is 13.0 Å². The fourth-order valence-corrected chi connectivity index (χ4v) is 2.22. The van der Waals surface area contributed by atoms with E-state index in [0.29, 0.717) is 17.3 Å². The Bertz CT molecular complexity index is 614. The maximum absolute atomic E-state index is 11.7. The van der Waals surface area contributed by atoms with Crippen molar-refractivity contribution in [2.45, 2.75) is 12.6 Å². The molecule has 2 rings (SSSR count). The maximum Gasteiger partial charge on any atom is 0.244 e. The first kappa shape index (κ1) is 15.4. The van der Waals surface area contributed by atoms with Crippen molar-refractivity contribution >= 4 is 23.2 Å². The molecule has 3 N–H and O–H groups in total. The average molecular weight is 305 g/mol. The number of methoxy groups -OCH3 is 1. The van der Waals surface area contributed by atoms with Gasteiger partial charge in [0, 0.05) is 7.11 Å². The molecule has 0 aromatic heterocycles. The van der Waals surface area contributed by atoms with Gasteiger partial charge in [-0.2, -0.15) is 0 Å². The van der Waals surface area contributed by atoms with Crippen LogP contribution in [-0.2, 0) is 16.1 Å². The summed E-state index contributed by atoms with van der Waals surface area (Å²) >= 11 is 6.10. The van der Waals surface area contributed by atoms with Crippen molar-refractivity contribution in [2.24, 2.45) is 5.73 Å². The van der Waals surface area contributed by atoms with Crippen LogP contribution in [0.15, 0.2) is 48.5 Å². The zero-order valence-electron chi connectivity index (χ0n) is 11.7. The van der Waals surface area contributed by atoms with Gasteiger partial charge in [0.05, 0.1) is 17.3 Å². The fraction of sp³-hybridized carbons (Fsp3) is 0.188. The van der Waals surface area contributed by atoms with Crippen LogP contribution < -0.4 is 11.1 Å². The molecule has 2 aromatic carbocycles. The van der Waals surface area contributed by atoms with E-state index in [1.807, 2.05) is 36.4 Å². The van der Waals surface area contributed by atoms with E-state index in [4.69, 9.17) is 22.1 Å². The second-order valence-corrected chi connectivity index (χ2v) is 5.04. The standard InChI is InChI=1S/C16H17ClN2O2/c1-21-10-11-6-8-12(9-7-11)15(16(18)20)19-14-5-3-2-4-13(14)17/h2-9,15,19H,10H2,1H3,(H2,18,20). The number of rotatable bonds is 6. The lowest BCUT2D eigenvalue weighted by Gasteiger charge is -2.18. The van der Waals surface area contributed by atoms with Crippen molar-refractivity contribution in [1.29, 1.82) is 0 Å². The number of anilines is 1. The number of nitrogens with two attached hydrogens (primary N) is 1. The van der Waals surface area contributed by atoms with E-state index in [-0.39, 0.29) is 0 Å². The van der Waals surface area contributed by atoms with Crippen molar-refractivity contribution in [3.63, 3.8) is 0 Å². The monoisotopic (exact) mass is 304 g/mol. The van der Waals surface area contributed by atoms with Gasteiger partial charge in [-0.05, 0) is 23.3 Å². The van der Waals surface area contributed by atoms with Crippen molar-refractivity contribution < 1.29 is 9.53 Å². The summed E-state index contributed by atoms with van der Waals surface area (Å²) in [5.74, 6) is -0.464. The molecule has 0 aliphatic carbocycles. The Balaban J connectivity index is 2.23. The molecule has 0 spiro atoms. The van der Waals surface area contributed by atoms with Gasteiger partial charge in [-0.25, -0.2) is 0 Å². The van der Waals surface area contributed by atoms with Gasteiger partial charge in [-0.15, -0.1) is 0 Å². The molecule has 0 fully saturated rings. The number of ether oxygens (including phenoxy) is 1. The van der Waals surface area contributed by atoms with Gasteiger partial charge in [-0.3, -0.25) is 4.79 Å². The van der Waals surface area contributed by atoms with Gasteiger partial charge < -0.3 is 15.8 Å². The van der Waals surface area contributed by atoms with Gasteiger partial charge in [0.1, 0.15) is 6.04 Å². The molecule has 5 heteroatoms. The Morgan fingerprint density at radius 3 is 2.48 bits per heavy atom. The molecule has 1 atom stereocenters. The molecule has 110 valence electrons. The minimum atomic E-state index is -0.638. The zero-order chi connectivity index (χ0) is 15.2. The van der Waals surface area contributed by atoms with Gasteiger partial charge in [0.2, 0.25) is 5.91 Å². The maximum atomic E-state index is 11.7. The molecule has 0 bridgehead atoms. The third-order valence-corrected chi connectivity index (χ3v) is 3.41. The summed E-state index contributed by atoms with van der Waals surface area (Å²) in [6, 6.07) is 14.1. The highest BCUT2D eigenvalue weighted by Crippen LogP contribution is 2.26. The van der Waals surface area contributed by atoms with Crippen LogP contribution >= 0.6 is 11.6 Å². The highest BCUT2D eigenvalue weighted by molar-refractivity contribution is 6.33. The predicted octanol–water partition coefficient (Wildman–Crippen LogP) is 3.12. The summed E-state index contributed by atoms with van der Waals surface area (Å²) in [7, 11) is 1.64. The molecule has 0 saturated heterocycles. The van der Waals surface area contributed by atoms with E-state index >= 15 is 0 Å². The lowest BCUT2D eigenvalue weighted by Crippen LogP contribution is -2.27. The summed E-state index contributed by atoms with van der Waals surface area (Å²) in [6.07, 6.45) is 0. The van der Waals surface area contributed by atoms with E-state index in [9.17, 15) is 4.79 Å². The number of carbonyl (C=O) groups excluding carboxylic acids is 1. The van der Waals surface area contributed by atoms with E-state index in [2.05, 4.69) is 5.32 Å². The highest BCUT2D eigenvalue weighted by atomic mass is 35.5. The Labute approximate surface area is 128 Å². The van der Waals surface area contributed by atoms with Crippen molar-refractivity contribution in [3.8, 4) is 0 Å². The van der Waals surface area contributed by atoms with Gasteiger partial charge in [0.15, 0.2) is 0 Å². The normalized spacial score (nSPS) is 11.9. The zero-order valence-corrected chi connectivity index (χ0v) is 12.4. The van der Waals surface area contributed by atoms with Crippen LogP contribution in [0.25, 0.3) is 0 Å². The molecule has 2 aromatic rings. The summed E-state index contributed by atoms with van der Waals surface area (Å²) < 4.78 is 5.06. The number of hydrogen-bond donors (Lipinski definition) is 2. The van der Waals surface area contributed by atoms with Crippen LogP contribution in [0.5, 0.6) is 0 Å². The molecular formula is C16H17ClN2O2. The quantitative estimate of drug-likeness (QED) is 0.862. The number of halogens is 1. The topological polar surface area (TPSA) is 64.3 Å². The summed E-state index contributed by atoms with van der Waals surface area (Å²) in [5.41, 5.74) is 7.97. The third-order valence-electron chi connectivity index (χ3n) is 3.08. The number of benzene rings is 2. The largest absolute Gasteiger partial charge is 0.380 e. The second kappa shape index (κ2) is 7.11.